The zero-order valence-electron chi connectivity index (χ0n) is 32.9. The van der Waals surface area contributed by atoms with Crippen LogP contribution in [0.15, 0.2) is 158 Å². The molecule has 8 rings (SSSR count). The molecule has 0 aliphatic carbocycles. The highest BCUT2D eigenvalue weighted by molar-refractivity contribution is 5.98. The van der Waals surface area contributed by atoms with Gasteiger partial charge in [0, 0.05) is 24.2 Å². The molecular formula is C50H44N4O6. The van der Waals surface area contributed by atoms with Crippen molar-refractivity contribution in [2.45, 2.75) is 51.2 Å². The zero-order chi connectivity index (χ0) is 41.3. The number of amides is 4. The minimum atomic E-state index is -0.741. The molecule has 10 nitrogen and oxygen atoms in total. The van der Waals surface area contributed by atoms with E-state index in [4.69, 9.17) is 9.47 Å². The minimum absolute atomic E-state index is 0.118. The first-order chi connectivity index (χ1) is 29.4. The molecule has 0 saturated heterocycles. The van der Waals surface area contributed by atoms with Gasteiger partial charge in [-0.3, -0.25) is 19.4 Å². The molecule has 2 aliphatic rings. The molecule has 6 aromatic carbocycles. The van der Waals surface area contributed by atoms with Gasteiger partial charge in [-0.25, -0.2) is 9.59 Å². The van der Waals surface area contributed by atoms with Crippen molar-refractivity contribution in [3.05, 3.63) is 202 Å². The first-order valence-corrected chi connectivity index (χ1v) is 19.9. The lowest BCUT2D eigenvalue weighted by Gasteiger charge is -2.35. The Labute approximate surface area is 349 Å². The summed E-state index contributed by atoms with van der Waals surface area (Å²) in [6.45, 7) is 0.789. The number of rotatable bonds is 10. The molecule has 2 aliphatic heterocycles. The van der Waals surface area contributed by atoms with E-state index < -0.39 is 24.3 Å². The first-order valence-electron chi connectivity index (χ1n) is 19.9. The van der Waals surface area contributed by atoms with Crippen LogP contribution in [0.3, 0.4) is 0 Å². The second kappa shape index (κ2) is 18.4. The van der Waals surface area contributed by atoms with Gasteiger partial charge < -0.3 is 20.1 Å². The average molecular weight is 797 g/mol. The molecular weight excluding hydrogens is 753 g/mol. The molecule has 2 atom stereocenters. The van der Waals surface area contributed by atoms with Crippen LogP contribution in [0.5, 0.6) is 0 Å². The van der Waals surface area contributed by atoms with Crippen molar-refractivity contribution in [2.75, 3.05) is 10.6 Å². The normalized spacial score (nSPS) is 15.7. The van der Waals surface area contributed by atoms with E-state index in [0.29, 0.717) is 24.2 Å². The number of ether oxygens (including phenoxy) is 2. The van der Waals surface area contributed by atoms with Crippen LogP contribution in [0, 0.1) is 0 Å². The van der Waals surface area contributed by atoms with E-state index in [2.05, 4.69) is 10.6 Å². The lowest BCUT2D eigenvalue weighted by molar-refractivity contribution is -0.122. The number of fused-ring (bicyclic) bond motifs is 2. The van der Waals surface area contributed by atoms with Crippen LogP contribution in [0.1, 0.15) is 44.5 Å². The van der Waals surface area contributed by atoms with Gasteiger partial charge >= 0.3 is 12.2 Å². The highest BCUT2D eigenvalue weighted by Crippen LogP contribution is 2.28. The van der Waals surface area contributed by atoms with E-state index in [0.717, 1.165) is 44.5 Å². The van der Waals surface area contributed by atoms with Crippen molar-refractivity contribution in [1.82, 2.24) is 9.80 Å². The quantitative estimate of drug-likeness (QED) is 0.134. The molecule has 4 amide bonds. The Balaban J connectivity index is 0.871. The van der Waals surface area contributed by atoms with Crippen molar-refractivity contribution in [3.8, 4) is 0 Å². The monoisotopic (exact) mass is 796 g/mol. The van der Waals surface area contributed by atoms with E-state index in [9.17, 15) is 19.2 Å². The van der Waals surface area contributed by atoms with Crippen LogP contribution in [0.2, 0.25) is 0 Å². The Hall–Kier alpha value is -7.46. The molecule has 2 N–H and O–H groups in total. The number of hydrogen-bond acceptors (Lipinski definition) is 6. The summed E-state index contributed by atoms with van der Waals surface area (Å²) in [5.41, 5.74) is 8.83. The summed E-state index contributed by atoms with van der Waals surface area (Å²) >= 11 is 0. The molecule has 0 bridgehead atoms. The summed E-state index contributed by atoms with van der Waals surface area (Å²) in [5, 5.41) is 6.00. The van der Waals surface area contributed by atoms with Crippen LogP contribution < -0.4 is 10.6 Å². The highest BCUT2D eigenvalue weighted by Gasteiger charge is 2.37. The van der Waals surface area contributed by atoms with E-state index in [-0.39, 0.29) is 38.1 Å². The van der Waals surface area contributed by atoms with Crippen LogP contribution >= 0.6 is 0 Å². The van der Waals surface area contributed by atoms with Gasteiger partial charge in [-0.15, -0.1) is 0 Å². The molecule has 0 aromatic heterocycles. The molecule has 6 aromatic rings. The number of hydrogen-bond donors (Lipinski definition) is 2. The zero-order valence-corrected chi connectivity index (χ0v) is 32.9. The van der Waals surface area contributed by atoms with E-state index in [1.54, 1.807) is 0 Å². The van der Waals surface area contributed by atoms with Gasteiger partial charge in [-0.2, -0.15) is 0 Å². The Morgan fingerprint density at radius 3 is 1.20 bits per heavy atom. The second-order valence-electron chi connectivity index (χ2n) is 14.9. The fourth-order valence-electron chi connectivity index (χ4n) is 7.50. The number of nitrogens with one attached hydrogen (secondary N) is 2. The van der Waals surface area contributed by atoms with Gasteiger partial charge in [0.15, 0.2) is 0 Å². The van der Waals surface area contributed by atoms with E-state index in [1.807, 2.05) is 170 Å². The lowest BCUT2D eigenvalue weighted by Crippen LogP contribution is -2.50. The third kappa shape index (κ3) is 9.62. The molecule has 0 radical (unpaired) electrons. The number of anilines is 2. The first kappa shape index (κ1) is 39.4. The van der Waals surface area contributed by atoms with Crippen molar-refractivity contribution >= 4 is 47.5 Å². The van der Waals surface area contributed by atoms with Crippen molar-refractivity contribution in [3.63, 3.8) is 0 Å². The molecule has 10 heteroatoms. The predicted molar refractivity (Wildman–Crippen MR) is 231 cm³/mol. The average Bonchev–Trinajstić information content (AvgIpc) is 3.30. The smallest absolute Gasteiger partial charge is 0.411 e. The summed E-state index contributed by atoms with van der Waals surface area (Å²) in [4.78, 5) is 57.0. The van der Waals surface area contributed by atoms with Crippen molar-refractivity contribution in [2.24, 2.45) is 0 Å². The van der Waals surface area contributed by atoms with Gasteiger partial charge in [0.25, 0.3) is 0 Å². The maximum atomic E-state index is 13.7. The van der Waals surface area contributed by atoms with Gasteiger partial charge in [0.2, 0.25) is 11.8 Å². The van der Waals surface area contributed by atoms with Crippen LogP contribution in [-0.4, -0.2) is 45.9 Å². The van der Waals surface area contributed by atoms with Gasteiger partial charge in [0.05, 0.1) is 13.1 Å². The topological polar surface area (TPSA) is 117 Å². The summed E-state index contributed by atoms with van der Waals surface area (Å²) in [7, 11) is 0. The molecule has 0 saturated carbocycles. The van der Waals surface area contributed by atoms with Gasteiger partial charge in [0.1, 0.15) is 25.3 Å². The molecule has 0 fully saturated rings. The SMILES string of the molecule is O=C(Nc1ccc(/C=C/c2ccc(NC(=O)[C@@H]3Cc4ccccc4CN3C(=O)OCc3ccccc3)cc2)cc1)[C@@H]1Cc2ccccc2CN1C(=O)OCc1ccccc1. The minimum Gasteiger partial charge on any atom is -0.445 e. The second-order valence-corrected chi connectivity index (χ2v) is 14.9. The predicted octanol–water partition coefficient (Wildman–Crippen LogP) is 9.26. The van der Waals surface area contributed by atoms with Crippen LogP contribution in [0.25, 0.3) is 12.2 Å². The maximum Gasteiger partial charge on any atom is 0.411 e. The summed E-state index contributed by atoms with van der Waals surface area (Å²) in [6.07, 6.45) is 3.60. The van der Waals surface area contributed by atoms with Crippen LogP contribution in [-0.2, 0) is 58.2 Å². The maximum absolute atomic E-state index is 13.7. The number of carbonyl (C=O) groups excluding carboxylic acids is 4. The largest absolute Gasteiger partial charge is 0.445 e. The van der Waals surface area contributed by atoms with Crippen molar-refractivity contribution < 1.29 is 28.7 Å². The summed E-state index contributed by atoms with van der Waals surface area (Å²) < 4.78 is 11.3. The Bertz CT molecular complexity index is 2310. The fourth-order valence-corrected chi connectivity index (χ4v) is 7.50. The fraction of sp³-hybridized carbons (Fsp3) is 0.160. The van der Waals surface area contributed by atoms with Gasteiger partial charge in [-0.05, 0) is 68.8 Å². The number of benzene rings is 6. The number of carbonyl (C=O) groups is 4. The van der Waals surface area contributed by atoms with E-state index >= 15 is 0 Å². The summed E-state index contributed by atoms with van der Waals surface area (Å²) in [5.74, 6) is -0.582. The number of nitrogens with zero attached hydrogens (tertiary/aromatic N) is 2. The molecule has 60 heavy (non-hydrogen) atoms. The van der Waals surface area contributed by atoms with Crippen molar-refractivity contribution in [1.29, 1.82) is 0 Å². The third-order valence-corrected chi connectivity index (χ3v) is 10.8. The Morgan fingerprint density at radius 1 is 0.467 bits per heavy atom. The molecule has 300 valence electrons. The van der Waals surface area contributed by atoms with E-state index in [1.165, 1.54) is 9.80 Å². The van der Waals surface area contributed by atoms with Crippen LogP contribution in [0.4, 0.5) is 21.0 Å². The van der Waals surface area contributed by atoms with Gasteiger partial charge in [-0.1, -0.05) is 146 Å². The third-order valence-electron chi connectivity index (χ3n) is 10.8. The molecule has 0 unspecified atom stereocenters. The summed E-state index contributed by atoms with van der Waals surface area (Å²) in [6, 6.07) is 48.0. The lowest BCUT2D eigenvalue weighted by atomic mass is 9.93. The Morgan fingerprint density at radius 2 is 0.817 bits per heavy atom. The standard InChI is InChI=1S/C50H44N4O6/c55-47(45-29-39-15-7-9-17-41(39)31-53(45)49(57)59-33-37-11-3-1-4-12-37)51-43-25-21-35(22-26-43)19-20-36-23-27-44(28-24-36)52-48(56)46-30-40-16-8-10-18-42(40)32-54(46)50(58)60-34-38-13-5-2-6-14-38/h1-28,45-46H,29-34H2,(H,51,55)(H,52,56)/b20-19+/t45-,46-/m0/s1. The highest BCUT2D eigenvalue weighted by atomic mass is 16.6. The molecule has 0 spiro atoms. The molecule has 2 heterocycles. The Kier molecular flexibility index (Phi) is 12.1.